The molecule has 1 spiro atoms. The maximum absolute atomic E-state index is 14.4. The maximum Gasteiger partial charge on any atom is 0.416 e. The number of alkyl halides is 3. The van der Waals surface area contributed by atoms with Crippen molar-refractivity contribution in [3.63, 3.8) is 0 Å². The highest BCUT2D eigenvalue weighted by molar-refractivity contribution is 6.26. The number of fused-ring (bicyclic) bond motifs is 22. The number of aryl methyl sites for hydroxylation is 1. The van der Waals surface area contributed by atoms with Gasteiger partial charge in [0.25, 0.3) is 0 Å². The molecule has 13 aromatic carbocycles. The minimum absolute atomic E-state index is 0.554. The summed E-state index contributed by atoms with van der Waals surface area (Å²) in [6.07, 6.45) is -4.52. The zero-order chi connectivity index (χ0) is 54.6. The zero-order valence-electron chi connectivity index (χ0n) is 44.1. The fourth-order valence-corrected chi connectivity index (χ4v) is 14.0. The van der Waals surface area contributed by atoms with E-state index in [1.807, 2.05) is 54.6 Å². The van der Waals surface area contributed by atoms with Gasteiger partial charge in [-0.05, 0) is 181 Å². The van der Waals surface area contributed by atoms with E-state index in [1.54, 1.807) is 12.1 Å². The lowest BCUT2D eigenvalue weighted by molar-refractivity contribution is -0.137. The van der Waals surface area contributed by atoms with Crippen LogP contribution < -0.4 is 9.80 Å². The first-order valence-electron chi connectivity index (χ1n) is 27.6. The van der Waals surface area contributed by atoms with Crippen LogP contribution in [0.2, 0.25) is 0 Å². The first-order chi connectivity index (χ1) is 40.2. The maximum atomic E-state index is 14.4. The second-order valence-electron chi connectivity index (χ2n) is 21.8. The van der Waals surface area contributed by atoms with E-state index in [2.05, 4.69) is 193 Å². The number of hydrogen-bond acceptors (Lipinski definition) is 4. The molecule has 0 saturated heterocycles. The summed E-state index contributed by atoms with van der Waals surface area (Å²) in [6, 6.07) is 87.5. The highest BCUT2D eigenvalue weighted by atomic mass is 19.4. The molecular weight excluding hydrogens is 1020 g/mol. The predicted octanol–water partition coefficient (Wildman–Crippen LogP) is 21.6. The number of nitrogens with zero attached hydrogens (tertiary/aromatic N) is 2. The first kappa shape index (κ1) is 46.5. The molecule has 2 heterocycles. The molecule has 388 valence electrons. The summed E-state index contributed by atoms with van der Waals surface area (Å²) < 4.78 is 56.8. The van der Waals surface area contributed by atoms with E-state index in [9.17, 15) is 13.2 Å². The summed E-state index contributed by atoms with van der Waals surface area (Å²) in [5, 5.41) is 11.0. The lowest BCUT2D eigenvalue weighted by Crippen LogP contribution is -2.26. The van der Waals surface area contributed by atoms with Gasteiger partial charge in [0.15, 0.2) is 11.2 Å². The molecule has 0 bridgehead atoms. The van der Waals surface area contributed by atoms with Crippen LogP contribution in [0.15, 0.2) is 264 Å². The second kappa shape index (κ2) is 17.1. The average Bonchev–Trinajstić information content (AvgIpc) is 1.70. The summed E-state index contributed by atoms with van der Waals surface area (Å²) in [5.74, 6) is 0. The normalized spacial score (nSPS) is 14.4. The smallest absolute Gasteiger partial charge is 0.416 e. The number of halogens is 3. The minimum Gasteiger partial charge on any atom is -0.454 e. The fraction of sp³-hybridized carbons (Fsp3) is 0.0400. The van der Waals surface area contributed by atoms with Crippen molar-refractivity contribution in [3.8, 4) is 22.3 Å². The standard InChI is InChI=1S/C75H45F3N2O2/c1-44-28-32-46(33-29-44)79(68-24-12-21-59-57-19-7-10-26-70(57)81-72(59)68)48-36-38-55-56-39-37-49(80(47-34-30-45(31-35-47)75(76,77)78)69-25-13-22-60-58-20-8-11-27-71(58)82-73(60)69)41-66(56)74(65(55)40-48)64-23-9-6-18-54(64)63-42-61-52-16-4-2-14-50(52)51-15-3-5-17-53(51)62(61)43-67(63)74/h2-43H,1H3. The first-order valence-corrected chi connectivity index (χ1v) is 27.6. The summed E-state index contributed by atoms with van der Waals surface area (Å²) in [7, 11) is 0. The van der Waals surface area contributed by atoms with Crippen LogP contribution >= 0.6 is 0 Å². The highest BCUT2D eigenvalue weighted by Crippen LogP contribution is 2.65. The van der Waals surface area contributed by atoms with Crippen molar-refractivity contribution in [2.75, 3.05) is 9.80 Å². The fourth-order valence-electron chi connectivity index (χ4n) is 14.0. The Morgan fingerprint density at radius 1 is 0.317 bits per heavy atom. The predicted molar refractivity (Wildman–Crippen MR) is 329 cm³/mol. The van der Waals surface area contributed by atoms with E-state index < -0.39 is 17.2 Å². The number of anilines is 6. The van der Waals surface area contributed by atoms with Crippen LogP contribution in [0, 0.1) is 6.92 Å². The van der Waals surface area contributed by atoms with Gasteiger partial charge in [-0.15, -0.1) is 0 Å². The van der Waals surface area contributed by atoms with Crippen molar-refractivity contribution in [2.24, 2.45) is 0 Å². The van der Waals surface area contributed by atoms with Crippen molar-refractivity contribution in [2.45, 2.75) is 18.5 Å². The van der Waals surface area contributed by atoms with Gasteiger partial charge in [0.05, 0.1) is 22.4 Å². The third-order valence-electron chi connectivity index (χ3n) is 17.5. The van der Waals surface area contributed by atoms with Crippen molar-refractivity contribution in [3.05, 3.63) is 288 Å². The molecule has 7 heteroatoms. The van der Waals surface area contributed by atoms with Crippen LogP contribution in [-0.4, -0.2) is 0 Å². The Bertz CT molecular complexity index is 5190. The summed E-state index contributed by atoms with van der Waals surface area (Å²) in [6.45, 7) is 2.11. The highest BCUT2D eigenvalue weighted by Gasteiger charge is 2.52. The monoisotopic (exact) mass is 1060 g/mol. The van der Waals surface area contributed by atoms with Crippen molar-refractivity contribution in [1.29, 1.82) is 0 Å². The van der Waals surface area contributed by atoms with Crippen LogP contribution in [0.4, 0.5) is 47.3 Å². The molecule has 17 rings (SSSR count). The van der Waals surface area contributed by atoms with E-state index in [-0.39, 0.29) is 0 Å². The Morgan fingerprint density at radius 2 is 0.720 bits per heavy atom. The Kier molecular flexibility index (Phi) is 9.69. The molecule has 82 heavy (non-hydrogen) atoms. The Labute approximate surface area is 468 Å². The molecule has 2 aliphatic carbocycles. The van der Waals surface area contributed by atoms with Gasteiger partial charge in [-0.2, -0.15) is 13.2 Å². The van der Waals surface area contributed by atoms with E-state index in [1.165, 1.54) is 39.1 Å². The molecule has 0 fully saturated rings. The van der Waals surface area contributed by atoms with E-state index in [4.69, 9.17) is 8.83 Å². The van der Waals surface area contributed by atoms with Gasteiger partial charge in [0, 0.05) is 44.3 Å². The van der Waals surface area contributed by atoms with E-state index in [0.717, 1.165) is 117 Å². The number of rotatable bonds is 6. The summed E-state index contributed by atoms with van der Waals surface area (Å²) in [4.78, 5) is 4.39. The van der Waals surface area contributed by atoms with Gasteiger partial charge < -0.3 is 18.6 Å². The number of furan rings is 2. The van der Waals surface area contributed by atoms with Gasteiger partial charge >= 0.3 is 6.18 Å². The molecule has 2 aliphatic rings. The van der Waals surface area contributed by atoms with Gasteiger partial charge in [-0.1, -0.05) is 163 Å². The molecular formula is C75H45F3N2O2. The third-order valence-corrected chi connectivity index (χ3v) is 17.5. The number of benzene rings is 13. The molecule has 0 N–H and O–H groups in total. The Balaban J connectivity index is 0.978. The van der Waals surface area contributed by atoms with Gasteiger partial charge in [-0.25, -0.2) is 0 Å². The molecule has 15 aromatic rings. The molecule has 1 atom stereocenters. The number of hydrogen-bond donors (Lipinski definition) is 0. The molecule has 0 saturated carbocycles. The molecule has 1 unspecified atom stereocenters. The topological polar surface area (TPSA) is 32.8 Å². The average molecular weight is 1060 g/mol. The SMILES string of the molecule is Cc1ccc(N(c2ccc3c(c2)C2(c4ccccc4-c4cc5c6ccccc6c6ccccc6c5cc42)c2cc(N(c4ccc(C(F)(F)F)cc4)c4cccc5c4oc4ccccc45)ccc2-3)c2cccc3c2oc2ccccc23)cc1. The molecule has 0 radical (unpaired) electrons. The van der Waals surface area contributed by atoms with Crippen molar-refractivity contribution >= 4 is 110 Å². The molecule has 0 aliphatic heterocycles. The van der Waals surface area contributed by atoms with Crippen LogP contribution in [0.5, 0.6) is 0 Å². The van der Waals surface area contributed by atoms with E-state index in [0.29, 0.717) is 17.0 Å². The van der Waals surface area contributed by atoms with Gasteiger partial charge in [0.2, 0.25) is 0 Å². The second-order valence-corrected chi connectivity index (χ2v) is 21.8. The Morgan fingerprint density at radius 3 is 1.24 bits per heavy atom. The lowest BCUT2D eigenvalue weighted by atomic mass is 9.70. The quantitative estimate of drug-likeness (QED) is 0.155. The van der Waals surface area contributed by atoms with Crippen LogP contribution in [0.25, 0.3) is 98.4 Å². The van der Waals surface area contributed by atoms with Crippen LogP contribution in [0.3, 0.4) is 0 Å². The Hall–Kier alpha value is -10.4. The molecule has 0 amide bonds. The van der Waals surface area contributed by atoms with Crippen molar-refractivity contribution in [1.82, 2.24) is 0 Å². The van der Waals surface area contributed by atoms with E-state index >= 15 is 0 Å². The van der Waals surface area contributed by atoms with Gasteiger partial charge in [-0.3, -0.25) is 0 Å². The number of para-hydroxylation sites is 4. The minimum atomic E-state index is -4.52. The molecule has 4 nitrogen and oxygen atoms in total. The molecule has 2 aromatic heterocycles. The largest absolute Gasteiger partial charge is 0.454 e. The van der Waals surface area contributed by atoms with Crippen LogP contribution in [-0.2, 0) is 11.6 Å². The zero-order valence-corrected chi connectivity index (χ0v) is 44.1. The van der Waals surface area contributed by atoms with Crippen molar-refractivity contribution < 1.29 is 22.0 Å². The summed E-state index contributed by atoms with van der Waals surface area (Å²) >= 11 is 0. The van der Waals surface area contributed by atoms with Gasteiger partial charge in [0.1, 0.15) is 11.2 Å². The third kappa shape index (κ3) is 6.50. The van der Waals surface area contributed by atoms with Crippen LogP contribution in [0.1, 0.15) is 33.4 Å². The summed E-state index contributed by atoms with van der Waals surface area (Å²) in [5.41, 5.74) is 16.2. The lowest BCUT2D eigenvalue weighted by Gasteiger charge is -2.33.